The van der Waals surface area contributed by atoms with Gasteiger partial charge in [0.15, 0.2) is 0 Å². The molecule has 3 aromatic rings. The Labute approximate surface area is 165 Å². The maximum Gasteiger partial charge on any atom is 0.323 e. The van der Waals surface area contributed by atoms with Crippen LogP contribution in [-0.4, -0.2) is 12.1 Å². The molecule has 0 radical (unpaired) electrons. The Balaban J connectivity index is 1.55. The summed E-state index contributed by atoms with van der Waals surface area (Å²) in [6.07, 6.45) is 0.0226. The first-order chi connectivity index (χ1) is 13.6. The molecule has 2 N–H and O–H groups in total. The van der Waals surface area contributed by atoms with E-state index in [1.54, 1.807) is 18.2 Å². The summed E-state index contributed by atoms with van der Waals surface area (Å²) in [5.74, 6) is 1.38. The monoisotopic (exact) mass is 376 g/mol. The molecule has 5 heteroatoms. The van der Waals surface area contributed by atoms with Crippen LogP contribution < -0.4 is 20.1 Å². The summed E-state index contributed by atoms with van der Waals surface area (Å²) in [6.45, 7) is 4.39. The molecule has 28 heavy (non-hydrogen) atoms. The van der Waals surface area contributed by atoms with Gasteiger partial charge in [0.2, 0.25) is 0 Å². The Morgan fingerprint density at radius 1 is 0.857 bits per heavy atom. The Morgan fingerprint density at radius 3 is 2.25 bits per heavy atom. The second-order valence-corrected chi connectivity index (χ2v) is 6.54. The highest BCUT2D eigenvalue weighted by Crippen LogP contribution is 2.25. The van der Waals surface area contributed by atoms with Crippen LogP contribution in [0.3, 0.4) is 0 Å². The average molecular weight is 376 g/mol. The minimum atomic E-state index is -0.335. The highest BCUT2D eigenvalue weighted by atomic mass is 16.5. The molecule has 0 unspecified atom stereocenters. The van der Waals surface area contributed by atoms with Crippen LogP contribution in [0.4, 0.5) is 16.2 Å². The number of carbonyl (C=O) groups is 1. The molecule has 0 spiro atoms. The van der Waals surface area contributed by atoms with E-state index in [9.17, 15) is 4.79 Å². The molecule has 0 saturated heterocycles. The molecule has 0 aliphatic carbocycles. The van der Waals surface area contributed by atoms with Gasteiger partial charge in [0.05, 0.1) is 11.8 Å². The van der Waals surface area contributed by atoms with E-state index in [1.165, 1.54) is 0 Å². The molecule has 144 valence electrons. The lowest BCUT2D eigenvalue weighted by Crippen LogP contribution is -2.20. The Morgan fingerprint density at radius 2 is 1.54 bits per heavy atom. The molecule has 0 aromatic heterocycles. The topological polar surface area (TPSA) is 59.6 Å². The van der Waals surface area contributed by atoms with Gasteiger partial charge in [0, 0.05) is 5.69 Å². The first-order valence-electron chi connectivity index (χ1n) is 9.20. The summed E-state index contributed by atoms with van der Waals surface area (Å²) in [5, 5.41) is 5.63. The van der Waals surface area contributed by atoms with E-state index in [1.807, 2.05) is 74.5 Å². The number of para-hydroxylation sites is 2. The van der Waals surface area contributed by atoms with Crippen molar-refractivity contribution in [2.24, 2.45) is 0 Å². The van der Waals surface area contributed by atoms with E-state index < -0.39 is 0 Å². The SMILES string of the molecule is CC(C)Oc1ccccc1NC(=O)Nc1ccc(OCc2ccccc2)cc1. The van der Waals surface area contributed by atoms with E-state index in [4.69, 9.17) is 9.47 Å². The smallest absolute Gasteiger partial charge is 0.323 e. The van der Waals surface area contributed by atoms with Gasteiger partial charge >= 0.3 is 6.03 Å². The third-order valence-corrected chi connectivity index (χ3v) is 3.86. The van der Waals surface area contributed by atoms with Crippen molar-refractivity contribution in [3.8, 4) is 11.5 Å². The number of ether oxygens (including phenoxy) is 2. The minimum absolute atomic E-state index is 0.0226. The molecule has 0 fully saturated rings. The summed E-state index contributed by atoms with van der Waals surface area (Å²) in [5.41, 5.74) is 2.40. The summed E-state index contributed by atoms with van der Waals surface area (Å²) >= 11 is 0. The third-order valence-electron chi connectivity index (χ3n) is 3.86. The maximum absolute atomic E-state index is 12.3. The quantitative estimate of drug-likeness (QED) is 0.556. The highest BCUT2D eigenvalue weighted by Gasteiger charge is 2.09. The zero-order valence-corrected chi connectivity index (χ0v) is 16.0. The predicted molar refractivity (Wildman–Crippen MR) is 112 cm³/mol. The fourth-order valence-corrected chi connectivity index (χ4v) is 2.59. The Kier molecular flexibility index (Phi) is 6.52. The molecule has 0 heterocycles. The van der Waals surface area contributed by atoms with Crippen LogP contribution in [-0.2, 0) is 6.61 Å². The molecule has 0 aliphatic heterocycles. The van der Waals surface area contributed by atoms with Gasteiger partial charge in [-0.15, -0.1) is 0 Å². The zero-order chi connectivity index (χ0) is 19.8. The standard InChI is InChI=1S/C23H24N2O3/c1-17(2)28-22-11-7-6-10-21(22)25-23(26)24-19-12-14-20(15-13-19)27-16-18-8-4-3-5-9-18/h3-15,17H,16H2,1-2H3,(H2,24,25,26). The number of hydrogen-bond donors (Lipinski definition) is 2. The summed E-state index contributed by atoms with van der Waals surface area (Å²) in [7, 11) is 0. The van der Waals surface area contributed by atoms with Crippen molar-refractivity contribution in [2.75, 3.05) is 10.6 Å². The van der Waals surface area contributed by atoms with Crippen LogP contribution >= 0.6 is 0 Å². The number of rotatable bonds is 7. The van der Waals surface area contributed by atoms with Crippen molar-refractivity contribution in [3.63, 3.8) is 0 Å². The minimum Gasteiger partial charge on any atom is -0.489 e. The Bertz CT molecular complexity index is 893. The number of nitrogens with one attached hydrogen (secondary N) is 2. The van der Waals surface area contributed by atoms with Gasteiger partial charge in [-0.1, -0.05) is 42.5 Å². The van der Waals surface area contributed by atoms with E-state index >= 15 is 0 Å². The molecule has 3 rings (SSSR count). The van der Waals surface area contributed by atoms with Gasteiger partial charge in [0.25, 0.3) is 0 Å². The zero-order valence-electron chi connectivity index (χ0n) is 16.0. The van der Waals surface area contributed by atoms with Gasteiger partial charge in [-0.3, -0.25) is 0 Å². The van der Waals surface area contributed by atoms with Gasteiger partial charge in [-0.25, -0.2) is 4.79 Å². The van der Waals surface area contributed by atoms with Crippen molar-refractivity contribution >= 4 is 17.4 Å². The molecule has 0 atom stereocenters. The van der Waals surface area contributed by atoms with Crippen molar-refractivity contribution in [1.29, 1.82) is 0 Å². The maximum atomic E-state index is 12.3. The number of hydrogen-bond acceptors (Lipinski definition) is 3. The molecule has 3 aromatic carbocycles. The Hall–Kier alpha value is -3.47. The van der Waals surface area contributed by atoms with E-state index in [0.29, 0.717) is 23.7 Å². The van der Waals surface area contributed by atoms with Crippen LogP contribution in [0.25, 0.3) is 0 Å². The number of amides is 2. The van der Waals surface area contributed by atoms with Crippen LogP contribution in [0.5, 0.6) is 11.5 Å². The van der Waals surface area contributed by atoms with Gasteiger partial charge in [-0.2, -0.15) is 0 Å². The van der Waals surface area contributed by atoms with Crippen LogP contribution in [0.15, 0.2) is 78.9 Å². The molecule has 0 aliphatic rings. The first-order valence-corrected chi connectivity index (χ1v) is 9.20. The highest BCUT2D eigenvalue weighted by molar-refractivity contribution is 6.00. The van der Waals surface area contributed by atoms with Crippen LogP contribution in [0, 0.1) is 0 Å². The lowest BCUT2D eigenvalue weighted by molar-refractivity contribution is 0.243. The lowest BCUT2D eigenvalue weighted by Gasteiger charge is -2.15. The fourth-order valence-electron chi connectivity index (χ4n) is 2.59. The van der Waals surface area contributed by atoms with Crippen molar-refractivity contribution in [2.45, 2.75) is 26.6 Å². The second-order valence-electron chi connectivity index (χ2n) is 6.54. The van der Waals surface area contributed by atoms with Crippen molar-refractivity contribution < 1.29 is 14.3 Å². The van der Waals surface area contributed by atoms with E-state index in [0.717, 1.165) is 11.3 Å². The largest absolute Gasteiger partial charge is 0.489 e. The number of benzene rings is 3. The van der Waals surface area contributed by atoms with Crippen LogP contribution in [0.1, 0.15) is 19.4 Å². The van der Waals surface area contributed by atoms with Crippen molar-refractivity contribution in [3.05, 3.63) is 84.4 Å². The molecule has 5 nitrogen and oxygen atoms in total. The predicted octanol–water partition coefficient (Wildman–Crippen LogP) is 5.70. The van der Waals surface area contributed by atoms with E-state index in [2.05, 4.69) is 10.6 Å². The van der Waals surface area contributed by atoms with Gasteiger partial charge < -0.3 is 20.1 Å². The van der Waals surface area contributed by atoms with Crippen LogP contribution in [0.2, 0.25) is 0 Å². The van der Waals surface area contributed by atoms with Gasteiger partial charge in [-0.05, 0) is 55.8 Å². The number of anilines is 2. The number of urea groups is 1. The summed E-state index contributed by atoms with van der Waals surface area (Å²) < 4.78 is 11.5. The molecular weight excluding hydrogens is 352 g/mol. The molecular formula is C23H24N2O3. The second kappa shape index (κ2) is 9.46. The first kappa shape index (κ1) is 19.3. The summed E-state index contributed by atoms with van der Waals surface area (Å²) in [6, 6.07) is 24.2. The average Bonchev–Trinajstić information content (AvgIpc) is 2.69. The lowest BCUT2D eigenvalue weighted by atomic mass is 10.2. The fraction of sp³-hybridized carbons (Fsp3) is 0.174. The molecule has 2 amide bonds. The number of carbonyl (C=O) groups excluding carboxylic acids is 1. The molecule has 0 saturated carbocycles. The van der Waals surface area contributed by atoms with E-state index in [-0.39, 0.29) is 12.1 Å². The van der Waals surface area contributed by atoms with Crippen molar-refractivity contribution in [1.82, 2.24) is 0 Å². The normalized spacial score (nSPS) is 10.4. The third kappa shape index (κ3) is 5.77. The van der Waals surface area contributed by atoms with Gasteiger partial charge in [0.1, 0.15) is 18.1 Å². The summed E-state index contributed by atoms with van der Waals surface area (Å²) in [4.78, 5) is 12.3. The molecule has 0 bridgehead atoms.